The van der Waals surface area contributed by atoms with Gasteiger partial charge in [-0.25, -0.2) is 9.97 Å². The highest BCUT2D eigenvalue weighted by Gasteiger charge is 2.16. The third kappa shape index (κ3) is 5.83. The molecule has 1 N–H and O–H groups in total. The standard InChI is InChI=1S/C19H27N5O/c1-15(2)24(13-16-8-6-5-7-9-16)18-12-17(21-14-22-18)19(25)20-10-11-23(3)4/h5-9,12,14-15H,10-11,13H2,1-4H3,(H,20,25). The number of nitrogens with zero attached hydrogens (tertiary/aromatic N) is 4. The Bertz CT molecular complexity index is 673. The van der Waals surface area contributed by atoms with E-state index in [0.29, 0.717) is 12.2 Å². The molecule has 134 valence electrons. The van der Waals surface area contributed by atoms with Crippen molar-refractivity contribution in [3.63, 3.8) is 0 Å². The molecule has 0 saturated heterocycles. The monoisotopic (exact) mass is 341 g/mol. The topological polar surface area (TPSA) is 61.4 Å². The van der Waals surface area contributed by atoms with Crippen molar-refractivity contribution in [2.75, 3.05) is 32.1 Å². The van der Waals surface area contributed by atoms with E-state index in [1.165, 1.54) is 11.9 Å². The fraction of sp³-hybridized carbons (Fsp3) is 0.421. The van der Waals surface area contributed by atoms with Crippen LogP contribution in [0.4, 0.5) is 5.82 Å². The molecule has 25 heavy (non-hydrogen) atoms. The zero-order valence-corrected chi connectivity index (χ0v) is 15.4. The van der Waals surface area contributed by atoms with Crippen LogP contribution < -0.4 is 10.2 Å². The number of nitrogens with one attached hydrogen (secondary N) is 1. The number of hydrogen-bond acceptors (Lipinski definition) is 5. The molecule has 0 atom stereocenters. The molecule has 0 saturated carbocycles. The van der Waals surface area contributed by atoms with E-state index in [1.54, 1.807) is 6.07 Å². The summed E-state index contributed by atoms with van der Waals surface area (Å²) in [5.74, 6) is 0.584. The van der Waals surface area contributed by atoms with Crippen molar-refractivity contribution in [1.29, 1.82) is 0 Å². The Balaban J connectivity index is 2.12. The van der Waals surface area contributed by atoms with Crippen molar-refractivity contribution in [3.8, 4) is 0 Å². The predicted molar refractivity (Wildman–Crippen MR) is 101 cm³/mol. The number of amides is 1. The Morgan fingerprint density at radius 2 is 1.88 bits per heavy atom. The van der Waals surface area contributed by atoms with Crippen LogP contribution in [-0.4, -0.2) is 54.0 Å². The molecule has 0 spiro atoms. The number of likely N-dealkylation sites (N-methyl/N-ethyl adjacent to an activating group) is 1. The summed E-state index contributed by atoms with van der Waals surface area (Å²) >= 11 is 0. The smallest absolute Gasteiger partial charge is 0.270 e. The van der Waals surface area contributed by atoms with Gasteiger partial charge in [0.15, 0.2) is 0 Å². The summed E-state index contributed by atoms with van der Waals surface area (Å²) in [7, 11) is 3.94. The Kier molecular flexibility index (Phi) is 6.89. The lowest BCUT2D eigenvalue weighted by atomic mass is 10.2. The van der Waals surface area contributed by atoms with Gasteiger partial charge in [0.1, 0.15) is 17.8 Å². The molecule has 1 aromatic carbocycles. The molecule has 0 aliphatic rings. The van der Waals surface area contributed by atoms with E-state index >= 15 is 0 Å². The predicted octanol–water partition coefficient (Wildman–Crippen LogP) is 2.18. The maximum atomic E-state index is 12.3. The first-order valence-corrected chi connectivity index (χ1v) is 8.53. The summed E-state index contributed by atoms with van der Waals surface area (Å²) in [6.07, 6.45) is 1.45. The van der Waals surface area contributed by atoms with Gasteiger partial charge < -0.3 is 15.1 Å². The van der Waals surface area contributed by atoms with Crippen LogP contribution in [-0.2, 0) is 6.54 Å². The molecule has 6 heteroatoms. The molecular formula is C19H27N5O. The SMILES string of the molecule is CC(C)N(Cc1ccccc1)c1cc(C(=O)NCCN(C)C)ncn1. The van der Waals surface area contributed by atoms with Crippen LogP contribution >= 0.6 is 0 Å². The molecule has 0 bridgehead atoms. The van der Waals surface area contributed by atoms with Crippen molar-refractivity contribution in [2.24, 2.45) is 0 Å². The molecule has 1 heterocycles. The van der Waals surface area contributed by atoms with Crippen molar-refractivity contribution in [2.45, 2.75) is 26.4 Å². The third-order valence-electron chi connectivity index (χ3n) is 3.84. The van der Waals surface area contributed by atoms with Gasteiger partial charge in [-0.1, -0.05) is 30.3 Å². The van der Waals surface area contributed by atoms with E-state index < -0.39 is 0 Å². The second-order valence-corrected chi connectivity index (χ2v) is 6.53. The van der Waals surface area contributed by atoms with E-state index in [0.717, 1.165) is 18.9 Å². The molecule has 0 unspecified atom stereocenters. The number of rotatable bonds is 8. The van der Waals surface area contributed by atoms with Crippen molar-refractivity contribution >= 4 is 11.7 Å². The van der Waals surface area contributed by atoms with Gasteiger partial charge in [0.05, 0.1) is 0 Å². The van der Waals surface area contributed by atoms with Gasteiger partial charge >= 0.3 is 0 Å². The van der Waals surface area contributed by atoms with Crippen LogP contribution in [0.15, 0.2) is 42.7 Å². The molecule has 1 aromatic heterocycles. The first-order valence-electron chi connectivity index (χ1n) is 8.53. The first-order chi connectivity index (χ1) is 12.0. The second-order valence-electron chi connectivity index (χ2n) is 6.53. The molecule has 2 rings (SSSR count). The lowest BCUT2D eigenvalue weighted by molar-refractivity contribution is 0.0946. The van der Waals surface area contributed by atoms with Crippen molar-refractivity contribution in [1.82, 2.24) is 20.2 Å². The molecule has 0 aliphatic heterocycles. The molecule has 0 radical (unpaired) electrons. The minimum absolute atomic E-state index is 0.172. The number of carbonyl (C=O) groups is 1. The molecule has 2 aromatic rings. The van der Waals surface area contributed by atoms with Gasteiger partial charge in [0.2, 0.25) is 0 Å². The summed E-state index contributed by atoms with van der Waals surface area (Å²) in [6, 6.07) is 12.2. The van der Waals surface area contributed by atoms with Crippen molar-refractivity contribution in [3.05, 3.63) is 54.0 Å². The Hall–Kier alpha value is -2.47. The minimum atomic E-state index is -0.172. The molecule has 6 nitrogen and oxygen atoms in total. The molecule has 1 amide bonds. The highest BCUT2D eigenvalue weighted by molar-refractivity contribution is 5.92. The van der Waals surface area contributed by atoms with Crippen molar-refractivity contribution < 1.29 is 4.79 Å². The third-order valence-corrected chi connectivity index (χ3v) is 3.84. The maximum absolute atomic E-state index is 12.3. The van der Waals surface area contributed by atoms with Crippen LogP contribution in [0.3, 0.4) is 0 Å². The lowest BCUT2D eigenvalue weighted by Gasteiger charge is -2.28. The van der Waals surface area contributed by atoms with Gasteiger partial charge in [0, 0.05) is 31.7 Å². The van der Waals surface area contributed by atoms with Crippen LogP contribution in [0, 0.1) is 0 Å². The molecule has 0 aliphatic carbocycles. The zero-order chi connectivity index (χ0) is 18.2. The summed E-state index contributed by atoms with van der Waals surface area (Å²) in [4.78, 5) is 25.0. The Morgan fingerprint density at radius 3 is 2.52 bits per heavy atom. The van der Waals surface area contributed by atoms with Gasteiger partial charge in [-0.05, 0) is 33.5 Å². The van der Waals surface area contributed by atoms with Gasteiger partial charge in [-0.15, -0.1) is 0 Å². The fourth-order valence-electron chi connectivity index (χ4n) is 2.42. The average molecular weight is 341 g/mol. The van der Waals surface area contributed by atoms with Crippen LogP contribution in [0.1, 0.15) is 29.9 Å². The number of aromatic nitrogens is 2. The largest absolute Gasteiger partial charge is 0.350 e. The quantitative estimate of drug-likeness (QED) is 0.797. The average Bonchev–Trinajstić information content (AvgIpc) is 2.60. The Morgan fingerprint density at radius 1 is 1.16 bits per heavy atom. The first kappa shape index (κ1) is 18.9. The van der Waals surface area contributed by atoms with E-state index in [-0.39, 0.29) is 11.9 Å². The van der Waals surface area contributed by atoms with Gasteiger partial charge in [-0.3, -0.25) is 4.79 Å². The maximum Gasteiger partial charge on any atom is 0.270 e. The Labute approximate surface area is 149 Å². The highest BCUT2D eigenvalue weighted by atomic mass is 16.1. The number of benzene rings is 1. The number of carbonyl (C=O) groups excluding carboxylic acids is 1. The van der Waals surface area contributed by atoms with E-state index in [1.807, 2.05) is 37.2 Å². The highest BCUT2D eigenvalue weighted by Crippen LogP contribution is 2.18. The van der Waals surface area contributed by atoms with Gasteiger partial charge in [0.25, 0.3) is 5.91 Å². The second kappa shape index (κ2) is 9.13. The van der Waals surface area contributed by atoms with E-state index in [2.05, 4.69) is 46.2 Å². The summed E-state index contributed by atoms with van der Waals surface area (Å²) in [6.45, 7) is 6.33. The summed E-state index contributed by atoms with van der Waals surface area (Å²) in [5, 5.41) is 2.89. The number of hydrogen-bond donors (Lipinski definition) is 1. The van der Waals surface area contributed by atoms with E-state index in [4.69, 9.17) is 0 Å². The lowest BCUT2D eigenvalue weighted by Crippen LogP contribution is -2.33. The zero-order valence-electron chi connectivity index (χ0n) is 15.4. The summed E-state index contributed by atoms with van der Waals surface area (Å²) < 4.78 is 0. The fourth-order valence-corrected chi connectivity index (χ4v) is 2.42. The summed E-state index contributed by atoms with van der Waals surface area (Å²) in [5.41, 5.74) is 1.59. The van der Waals surface area contributed by atoms with E-state index in [9.17, 15) is 4.79 Å². The minimum Gasteiger partial charge on any atom is -0.350 e. The normalized spacial score (nSPS) is 11.0. The van der Waals surface area contributed by atoms with Crippen LogP contribution in [0.5, 0.6) is 0 Å². The van der Waals surface area contributed by atoms with Crippen LogP contribution in [0.2, 0.25) is 0 Å². The van der Waals surface area contributed by atoms with Gasteiger partial charge in [-0.2, -0.15) is 0 Å². The molecule has 0 fully saturated rings. The number of anilines is 1. The molecular weight excluding hydrogens is 314 g/mol. The van der Waals surface area contributed by atoms with Crippen LogP contribution in [0.25, 0.3) is 0 Å².